The highest BCUT2D eigenvalue weighted by Gasteiger charge is 2.26. The number of amides is 1. The zero-order chi connectivity index (χ0) is 10.7. The van der Waals surface area contributed by atoms with Gasteiger partial charge in [-0.1, -0.05) is 0 Å². The highest BCUT2D eigenvalue weighted by Crippen LogP contribution is 2.19. The minimum atomic E-state index is -0.300. The average molecular weight is 212 g/mol. The maximum Gasteiger partial charge on any atom is 0.249 e. The van der Waals surface area contributed by atoms with Gasteiger partial charge in [-0.25, -0.2) is 0 Å². The molecule has 0 spiro atoms. The number of nitrogens with one attached hydrogen (secondary N) is 2. The lowest BCUT2D eigenvalue weighted by atomic mass is 10.1. The molecule has 1 saturated carbocycles. The number of hydrogen-bond acceptors (Lipinski definition) is 3. The predicted octanol–water partition coefficient (Wildman–Crippen LogP) is 0.280. The van der Waals surface area contributed by atoms with Crippen molar-refractivity contribution in [3.8, 4) is 0 Å². The molecule has 0 aromatic heterocycles. The molecular weight excluding hydrogens is 192 g/mol. The molecule has 1 aliphatic heterocycles. The second-order valence-electron chi connectivity index (χ2n) is 4.62. The van der Waals surface area contributed by atoms with E-state index in [1.165, 1.54) is 0 Å². The number of carbonyl (C=O) groups excluding carboxylic acids is 1. The predicted molar refractivity (Wildman–Crippen MR) is 57.6 cm³/mol. The van der Waals surface area contributed by atoms with E-state index in [1.807, 2.05) is 6.92 Å². The van der Waals surface area contributed by atoms with E-state index in [-0.39, 0.29) is 12.0 Å². The molecule has 2 N–H and O–H groups in total. The number of hydrogen-bond donors (Lipinski definition) is 2. The third-order valence-electron chi connectivity index (χ3n) is 3.04. The molecule has 15 heavy (non-hydrogen) atoms. The van der Waals surface area contributed by atoms with Crippen molar-refractivity contribution in [1.29, 1.82) is 0 Å². The van der Waals surface area contributed by atoms with Gasteiger partial charge < -0.3 is 15.4 Å². The van der Waals surface area contributed by atoms with E-state index < -0.39 is 0 Å². The van der Waals surface area contributed by atoms with Crippen LogP contribution in [0.25, 0.3) is 0 Å². The first-order valence-electron chi connectivity index (χ1n) is 5.88. The van der Waals surface area contributed by atoms with Gasteiger partial charge in [0.25, 0.3) is 0 Å². The van der Waals surface area contributed by atoms with Crippen LogP contribution in [0.2, 0.25) is 0 Å². The van der Waals surface area contributed by atoms with E-state index in [4.69, 9.17) is 4.74 Å². The highest BCUT2D eigenvalue weighted by atomic mass is 16.5. The maximum atomic E-state index is 11.5. The molecule has 1 saturated heterocycles. The van der Waals surface area contributed by atoms with Gasteiger partial charge in [0.1, 0.15) is 6.10 Å². The van der Waals surface area contributed by atoms with Gasteiger partial charge >= 0.3 is 0 Å². The second kappa shape index (κ2) is 4.94. The van der Waals surface area contributed by atoms with Gasteiger partial charge in [0, 0.05) is 12.6 Å². The third kappa shape index (κ3) is 3.47. The Morgan fingerprint density at radius 2 is 2.33 bits per heavy atom. The van der Waals surface area contributed by atoms with Crippen molar-refractivity contribution in [3.05, 3.63) is 0 Å². The Kier molecular flexibility index (Phi) is 3.59. The van der Waals surface area contributed by atoms with E-state index >= 15 is 0 Å². The van der Waals surface area contributed by atoms with Crippen molar-refractivity contribution >= 4 is 5.91 Å². The molecule has 0 radical (unpaired) electrons. The van der Waals surface area contributed by atoms with E-state index in [0.717, 1.165) is 32.4 Å². The number of ether oxygens (including phenoxy) is 1. The van der Waals surface area contributed by atoms with Crippen molar-refractivity contribution in [3.63, 3.8) is 0 Å². The SMILES string of the molecule is CC(OCC1CCNC1)C(=O)NC1CC1. The summed E-state index contributed by atoms with van der Waals surface area (Å²) in [5, 5.41) is 6.24. The van der Waals surface area contributed by atoms with E-state index in [1.54, 1.807) is 0 Å². The molecule has 2 unspecified atom stereocenters. The molecule has 0 bridgehead atoms. The molecule has 2 aliphatic rings. The summed E-state index contributed by atoms with van der Waals surface area (Å²) in [5.74, 6) is 0.629. The van der Waals surface area contributed by atoms with Gasteiger partial charge in [-0.15, -0.1) is 0 Å². The summed E-state index contributed by atoms with van der Waals surface area (Å²) in [5.41, 5.74) is 0. The fourth-order valence-corrected chi connectivity index (χ4v) is 1.76. The molecule has 0 aromatic carbocycles. The first-order chi connectivity index (χ1) is 7.25. The zero-order valence-electron chi connectivity index (χ0n) is 9.29. The highest BCUT2D eigenvalue weighted by molar-refractivity contribution is 5.80. The minimum absolute atomic E-state index is 0.0449. The van der Waals surface area contributed by atoms with Crippen LogP contribution in [-0.4, -0.2) is 37.7 Å². The maximum absolute atomic E-state index is 11.5. The summed E-state index contributed by atoms with van der Waals surface area (Å²) < 4.78 is 5.56. The number of carbonyl (C=O) groups is 1. The van der Waals surface area contributed by atoms with Crippen LogP contribution in [0.1, 0.15) is 26.2 Å². The van der Waals surface area contributed by atoms with Crippen LogP contribution in [-0.2, 0) is 9.53 Å². The molecule has 4 heteroatoms. The van der Waals surface area contributed by atoms with Gasteiger partial charge in [-0.3, -0.25) is 4.79 Å². The smallest absolute Gasteiger partial charge is 0.249 e. The Morgan fingerprint density at radius 1 is 1.53 bits per heavy atom. The summed E-state index contributed by atoms with van der Waals surface area (Å²) in [6.07, 6.45) is 3.12. The lowest BCUT2D eigenvalue weighted by molar-refractivity contribution is -0.132. The third-order valence-corrected chi connectivity index (χ3v) is 3.04. The average Bonchev–Trinajstić information content (AvgIpc) is 2.88. The van der Waals surface area contributed by atoms with Crippen molar-refractivity contribution in [2.45, 2.75) is 38.3 Å². The van der Waals surface area contributed by atoms with Crippen LogP contribution >= 0.6 is 0 Å². The second-order valence-corrected chi connectivity index (χ2v) is 4.62. The largest absolute Gasteiger partial charge is 0.368 e. The molecule has 0 aromatic rings. The van der Waals surface area contributed by atoms with Crippen molar-refractivity contribution in [2.75, 3.05) is 19.7 Å². The standard InChI is InChI=1S/C11H20N2O2/c1-8(11(14)13-10-2-3-10)15-7-9-4-5-12-6-9/h8-10,12H,2-7H2,1H3,(H,13,14). The molecule has 2 atom stereocenters. The zero-order valence-corrected chi connectivity index (χ0v) is 9.29. The first kappa shape index (κ1) is 10.9. The molecule has 4 nitrogen and oxygen atoms in total. The summed E-state index contributed by atoms with van der Waals surface area (Å²) in [7, 11) is 0. The molecule has 1 amide bonds. The Hall–Kier alpha value is -0.610. The van der Waals surface area contributed by atoms with Gasteiger partial charge in [-0.05, 0) is 38.6 Å². The van der Waals surface area contributed by atoms with Gasteiger partial charge in [0.05, 0.1) is 6.61 Å². The van der Waals surface area contributed by atoms with Gasteiger partial charge in [-0.2, -0.15) is 0 Å². The summed E-state index contributed by atoms with van der Waals surface area (Å²) >= 11 is 0. The Labute approximate surface area is 90.8 Å². The van der Waals surface area contributed by atoms with Gasteiger partial charge in [0.15, 0.2) is 0 Å². The molecular formula is C11H20N2O2. The van der Waals surface area contributed by atoms with Crippen LogP contribution in [0.4, 0.5) is 0 Å². The minimum Gasteiger partial charge on any atom is -0.368 e. The lowest BCUT2D eigenvalue weighted by Gasteiger charge is -2.15. The van der Waals surface area contributed by atoms with E-state index in [0.29, 0.717) is 18.6 Å². The fraction of sp³-hybridized carbons (Fsp3) is 0.909. The quantitative estimate of drug-likeness (QED) is 0.688. The Bertz CT molecular complexity index is 223. The van der Waals surface area contributed by atoms with E-state index in [9.17, 15) is 4.79 Å². The summed E-state index contributed by atoms with van der Waals surface area (Å²) in [6, 6.07) is 0.427. The van der Waals surface area contributed by atoms with Crippen LogP contribution in [0.15, 0.2) is 0 Å². The van der Waals surface area contributed by atoms with Crippen LogP contribution < -0.4 is 10.6 Å². The van der Waals surface area contributed by atoms with Crippen LogP contribution in [0, 0.1) is 5.92 Å². The topological polar surface area (TPSA) is 50.4 Å². The molecule has 2 rings (SSSR count). The fourth-order valence-electron chi connectivity index (χ4n) is 1.76. The molecule has 1 aliphatic carbocycles. The lowest BCUT2D eigenvalue weighted by Crippen LogP contribution is -2.36. The summed E-state index contributed by atoms with van der Waals surface area (Å²) in [4.78, 5) is 11.5. The monoisotopic (exact) mass is 212 g/mol. The molecule has 2 fully saturated rings. The Balaban J connectivity index is 1.61. The van der Waals surface area contributed by atoms with Gasteiger partial charge in [0.2, 0.25) is 5.91 Å². The van der Waals surface area contributed by atoms with Crippen molar-refractivity contribution < 1.29 is 9.53 Å². The Morgan fingerprint density at radius 3 is 2.93 bits per heavy atom. The molecule has 86 valence electrons. The van der Waals surface area contributed by atoms with Crippen LogP contribution in [0.5, 0.6) is 0 Å². The van der Waals surface area contributed by atoms with Crippen molar-refractivity contribution in [1.82, 2.24) is 10.6 Å². The number of rotatable bonds is 5. The molecule has 1 heterocycles. The summed E-state index contributed by atoms with van der Waals surface area (Å²) in [6.45, 7) is 4.64. The normalized spacial score (nSPS) is 27.7. The van der Waals surface area contributed by atoms with Crippen LogP contribution in [0.3, 0.4) is 0 Å². The van der Waals surface area contributed by atoms with Crippen molar-refractivity contribution in [2.24, 2.45) is 5.92 Å². The van der Waals surface area contributed by atoms with E-state index in [2.05, 4.69) is 10.6 Å². The first-order valence-corrected chi connectivity index (χ1v) is 5.88.